The molecule has 0 aliphatic carbocycles. The summed E-state index contributed by atoms with van der Waals surface area (Å²) in [5.74, 6) is 0. The molecule has 0 aromatic heterocycles. The van der Waals surface area contributed by atoms with Gasteiger partial charge in [0.25, 0.3) is 0 Å². The molecule has 0 N–H and O–H groups in total. The van der Waals surface area contributed by atoms with Crippen molar-refractivity contribution >= 4 is 0 Å². The van der Waals surface area contributed by atoms with Gasteiger partial charge >= 0.3 is 0 Å². The summed E-state index contributed by atoms with van der Waals surface area (Å²) < 4.78 is 0. The van der Waals surface area contributed by atoms with Crippen molar-refractivity contribution in [1.82, 2.24) is 4.90 Å². The predicted octanol–water partition coefficient (Wildman–Crippen LogP) is 7.59. The maximum Gasteiger partial charge on any atom is -0.00190 e. The minimum Gasteiger partial charge on any atom is -0.304 e. The van der Waals surface area contributed by atoms with Crippen molar-refractivity contribution in [2.75, 3.05) is 19.6 Å². The Morgan fingerprint density at radius 1 is 0.391 bits per heavy atom. The van der Waals surface area contributed by atoms with Gasteiger partial charge in [-0.25, -0.2) is 0 Å². The quantitative estimate of drug-likeness (QED) is 0.221. The van der Waals surface area contributed by atoms with Crippen LogP contribution in [0.5, 0.6) is 0 Å². The number of hydrogen-bond donors (Lipinski definition) is 0. The molecule has 0 bridgehead atoms. The Hall–Kier alpha value is -0.0400. The van der Waals surface area contributed by atoms with Gasteiger partial charge in [-0.15, -0.1) is 0 Å². The first-order valence-electron chi connectivity index (χ1n) is 11.1. The van der Waals surface area contributed by atoms with Crippen LogP contribution in [0.4, 0.5) is 0 Å². The number of hydrogen-bond acceptors (Lipinski definition) is 1. The van der Waals surface area contributed by atoms with Gasteiger partial charge in [0.05, 0.1) is 0 Å². The third-order valence-electron chi connectivity index (χ3n) is 5.22. The summed E-state index contributed by atoms with van der Waals surface area (Å²) in [5.41, 5.74) is 0. The smallest absolute Gasteiger partial charge is 0.00190 e. The highest BCUT2D eigenvalue weighted by atomic mass is 15.1. The van der Waals surface area contributed by atoms with Gasteiger partial charge < -0.3 is 4.90 Å². The summed E-state index contributed by atoms with van der Waals surface area (Å²) in [6.45, 7) is 10.6. The molecule has 0 saturated heterocycles. The molecule has 0 fully saturated rings. The molecule has 140 valence electrons. The highest BCUT2D eigenvalue weighted by Crippen LogP contribution is 2.13. The van der Waals surface area contributed by atoms with Crippen LogP contribution in [0.25, 0.3) is 0 Å². The molecular formula is C22H47N. The van der Waals surface area contributed by atoms with Crippen molar-refractivity contribution in [3.05, 3.63) is 0 Å². The van der Waals surface area contributed by atoms with Crippen LogP contribution in [-0.4, -0.2) is 24.5 Å². The van der Waals surface area contributed by atoms with Gasteiger partial charge in [-0.2, -0.15) is 0 Å². The van der Waals surface area contributed by atoms with Crippen LogP contribution in [0.15, 0.2) is 0 Å². The molecule has 1 nitrogen and oxygen atoms in total. The number of nitrogens with zero attached hydrogens (tertiary/aromatic N) is 1. The lowest BCUT2D eigenvalue weighted by Crippen LogP contribution is -2.23. The lowest BCUT2D eigenvalue weighted by Gasteiger charge is -2.17. The zero-order chi connectivity index (χ0) is 17.0. The van der Waals surface area contributed by atoms with Crippen LogP contribution in [0.1, 0.15) is 124 Å². The molecule has 1 heteroatoms. The first-order valence-corrected chi connectivity index (χ1v) is 11.1. The largest absolute Gasteiger partial charge is 0.304 e. The van der Waals surface area contributed by atoms with E-state index < -0.39 is 0 Å². The van der Waals surface area contributed by atoms with Crippen molar-refractivity contribution in [3.63, 3.8) is 0 Å². The van der Waals surface area contributed by atoms with Gasteiger partial charge in [-0.3, -0.25) is 0 Å². The van der Waals surface area contributed by atoms with Gasteiger partial charge in [0.2, 0.25) is 0 Å². The molecule has 0 unspecified atom stereocenters. The lowest BCUT2D eigenvalue weighted by atomic mass is 10.0. The average Bonchev–Trinajstić information content (AvgIpc) is 2.58. The molecular weight excluding hydrogens is 278 g/mol. The Morgan fingerprint density at radius 2 is 0.696 bits per heavy atom. The Kier molecular flexibility index (Phi) is 20.0. The second-order valence-electron chi connectivity index (χ2n) is 7.33. The van der Waals surface area contributed by atoms with Crippen LogP contribution in [0, 0.1) is 0 Å². The van der Waals surface area contributed by atoms with E-state index in [9.17, 15) is 0 Å². The number of rotatable bonds is 19. The van der Waals surface area contributed by atoms with E-state index in [0.29, 0.717) is 0 Å². The topological polar surface area (TPSA) is 3.24 Å². The summed E-state index contributed by atoms with van der Waals surface area (Å²) >= 11 is 0. The highest BCUT2D eigenvalue weighted by molar-refractivity contribution is 4.54. The molecule has 0 saturated carbocycles. The zero-order valence-corrected chi connectivity index (χ0v) is 16.9. The molecule has 23 heavy (non-hydrogen) atoms. The highest BCUT2D eigenvalue weighted by Gasteiger charge is 1.98. The summed E-state index contributed by atoms with van der Waals surface area (Å²) in [6.07, 6.45) is 23.4. The molecule has 0 aliphatic heterocycles. The van der Waals surface area contributed by atoms with Gasteiger partial charge in [0.15, 0.2) is 0 Å². The van der Waals surface area contributed by atoms with Crippen LogP contribution >= 0.6 is 0 Å². The van der Waals surface area contributed by atoms with Crippen molar-refractivity contribution in [2.45, 2.75) is 124 Å². The fourth-order valence-corrected chi connectivity index (χ4v) is 3.42. The minimum atomic E-state index is 1.22. The molecule has 0 heterocycles. The maximum absolute atomic E-state index is 2.55. The van der Waals surface area contributed by atoms with Crippen LogP contribution in [-0.2, 0) is 0 Å². The average molecular weight is 326 g/mol. The van der Waals surface area contributed by atoms with Gasteiger partial charge in [-0.05, 0) is 26.1 Å². The fourth-order valence-electron chi connectivity index (χ4n) is 3.42. The van der Waals surface area contributed by atoms with Gasteiger partial charge in [0, 0.05) is 0 Å². The van der Waals surface area contributed by atoms with Gasteiger partial charge in [0.1, 0.15) is 0 Å². The molecule has 0 radical (unpaired) electrons. The van der Waals surface area contributed by atoms with Crippen LogP contribution in [0.3, 0.4) is 0 Å². The Morgan fingerprint density at radius 3 is 1.00 bits per heavy atom. The van der Waals surface area contributed by atoms with Gasteiger partial charge in [-0.1, -0.05) is 117 Å². The molecule has 0 aromatic carbocycles. The monoisotopic (exact) mass is 325 g/mol. The minimum absolute atomic E-state index is 1.22. The van der Waals surface area contributed by atoms with Crippen molar-refractivity contribution < 1.29 is 0 Å². The van der Waals surface area contributed by atoms with E-state index in [4.69, 9.17) is 0 Å². The Bertz CT molecular complexity index is 198. The standard InChI is InChI=1S/C22H47N/c1-4-7-8-9-10-11-12-13-14-15-16-17-18-19-20-21-22-23(5-2)6-3/h4-22H2,1-3H3. The van der Waals surface area contributed by atoms with E-state index in [2.05, 4.69) is 25.7 Å². The zero-order valence-electron chi connectivity index (χ0n) is 16.9. The SMILES string of the molecule is CCCCCCCCCCCCCCCCCCN(CC)CC. The third kappa shape index (κ3) is 18.1. The molecule has 0 aromatic rings. The van der Waals surface area contributed by atoms with E-state index in [-0.39, 0.29) is 0 Å². The van der Waals surface area contributed by atoms with E-state index >= 15 is 0 Å². The maximum atomic E-state index is 2.55. The van der Waals surface area contributed by atoms with E-state index in [1.807, 2.05) is 0 Å². The molecule has 0 aliphatic rings. The van der Waals surface area contributed by atoms with Crippen molar-refractivity contribution in [2.24, 2.45) is 0 Å². The summed E-state index contributed by atoms with van der Waals surface area (Å²) in [6, 6.07) is 0. The normalized spacial score (nSPS) is 11.5. The van der Waals surface area contributed by atoms with E-state index in [0.717, 1.165) is 0 Å². The van der Waals surface area contributed by atoms with E-state index in [1.165, 1.54) is 122 Å². The van der Waals surface area contributed by atoms with Crippen molar-refractivity contribution in [3.8, 4) is 0 Å². The van der Waals surface area contributed by atoms with Crippen LogP contribution in [0.2, 0.25) is 0 Å². The third-order valence-corrected chi connectivity index (χ3v) is 5.22. The molecule has 0 atom stereocenters. The Labute approximate surface area is 148 Å². The predicted molar refractivity (Wildman–Crippen MR) is 107 cm³/mol. The molecule has 0 amide bonds. The fraction of sp³-hybridized carbons (Fsp3) is 1.00. The van der Waals surface area contributed by atoms with E-state index in [1.54, 1.807) is 0 Å². The summed E-state index contributed by atoms with van der Waals surface area (Å²) in [7, 11) is 0. The Balaban J connectivity index is 3.02. The first-order chi connectivity index (χ1) is 11.3. The molecule has 0 spiro atoms. The van der Waals surface area contributed by atoms with Crippen LogP contribution < -0.4 is 0 Å². The lowest BCUT2D eigenvalue weighted by molar-refractivity contribution is 0.295. The van der Waals surface area contributed by atoms with Crippen molar-refractivity contribution in [1.29, 1.82) is 0 Å². The molecule has 0 rings (SSSR count). The second kappa shape index (κ2) is 20.0. The second-order valence-corrected chi connectivity index (χ2v) is 7.33. The first kappa shape index (κ1) is 23.0. The summed E-state index contributed by atoms with van der Waals surface area (Å²) in [4.78, 5) is 2.55. The number of unbranched alkanes of at least 4 members (excludes halogenated alkanes) is 15. The summed E-state index contributed by atoms with van der Waals surface area (Å²) in [5, 5.41) is 0.